The molecule has 0 radical (unpaired) electrons. The zero-order valence-corrected chi connectivity index (χ0v) is 11.0. The van der Waals surface area contributed by atoms with Gasteiger partial charge in [-0.2, -0.15) is 4.39 Å². The van der Waals surface area contributed by atoms with Crippen LogP contribution in [0.5, 0.6) is 0 Å². The van der Waals surface area contributed by atoms with Crippen LogP contribution in [0.3, 0.4) is 0 Å². The number of hydrogen-bond acceptors (Lipinski definition) is 5. The summed E-state index contributed by atoms with van der Waals surface area (Å²) in [4.78, 5) is 21.0. The number of benzene rings is 1. The minimum Gasteiger partial charge on any atom is -0.394 e. The van der Waals surface area contributed by atoms with E-state index in [0.717, 1.165) is 0 Å². The lowest BCUT2D eigenvalue weighted by atomic mass is 10.1. The van der Waals surface area contributed by atoms with Crippen molar-refractivity contribution in [2.24, 2.45) is 0 Å². The Balaban J connectivity index is 2.58. The second-order valence-corrected chi connectivity index (χ2v) is 3.99. The minimum absolute atomic E-state index is 0.111. The van der Waals surface area contributed by atoms with Crippen LogP contribution in [0.1, 0.15) is 16.8 Å². The van der Waals surface area contributed by atoms with Gasteiger partial charge in [-0.3, -0.25) is 14.9 Å². The fourth-order valence-corrected chi connectivity index (χ4v) is 1.49. The van der Waals surface area contributed by atoms with Crippen molar-refractivity contribution in [1.29, 1.82) is 0 Å². The van der Waals surface area contributed by atoms with Crippen molar-refractivity contribution < 1.29 is 28.3 Å². The maximum atomic E-state index is 13.5. The number of nitro benzene ring substituents is 1. The number of aliphatic hydroxyl groups excluding tert-OH is 1. The van der Waals surface area contributed by atoms with E-state index in [2.05, 4.69) is 5.32 Å². The summed E-state index contributed by atoms with van der Waals surface area (Å²) in [5.41, 5.74) is -1.63. The van der Waals surface area contributed by atoms with E-state index in [9.17, 15) is 23.7 Å². The number of amides is 1. The molecule has 0 aliphatic carbocycles. The molecule has 21 heavy (non-hydrogen) atoms. The Labute approximate surface area is 118 Å². The zero-order chi connectivity index (χ0) is 15.8. The standard InChI is InChI=1S/C12H14F2N2O5/c13-9-7-11(16(19)20)10(14)6-8(9)12(18)15-2-1-4-21-5-3-17/h6-7,17H,1-5H2,(H,15,18). The normalized spacial score (nSPS) is 10.4. The quantitative estimate of drug-likeness (QED) is 0.424. The van der Waals surface area contributed by atoms with Crippen LogP contribution in [0.2, 0.25) is 0 Å². The number of carbonyl (C=O) groups excluding carboxylic acids is 1. The Bertz CT molecular complexity index is 525. The first-order valence-corrected chi connectivity index (χ1v) is 6.07. The maximum Gasteiger partial charge on any atom is 0.307 e. The number of hydrogen-bond donors (Lipinski definition) is 2. The summed E-state index contributed by atoms with van der Waals surface area (Å²) < 4.78 is 31.8. The summed E-state index contributed by atoms with van der Waals surface area (Å²) in [6.45, 7) is 0.510. The second-order valence-electron chi connectivity index (χ2n) is 3.99. The van der Waals surface area contributed by atoms with Crippen LogP contribution >= 0.6 is 0 Å². The molecule has 1 amide bonds. The average molecular weight is 304 g/mol. The molecule has 0 unspecified atom stereocenters. The van der Waals surface area contributed by atoms with Crippen molar-refractivity contribution in [3.05, 3.63) is 39.4 Å². The highest BCUT2D eigenvalue weighted by Gasteiger charge is 2.21. The number of aliphatic hydroxyl groups is 1. The molecule has 0 aliphatic rings. The smallest absolute Gasteiger partial charge is 0.307 e. The Morgan fingerprint density at radius 3 is 2.67 bits per heavy atom. The number of halogens is 2. The van der Waals surface area contributed by atoms with Gasteiger partial charge in [0.05, 0.1) is 29.8 Å². The first-order chi connectivity index (χ1) is 9.97. The fraction of sp³-hybridized carbons (Fsp3) is 0.417. The van der Waals surface area contributed by atoms with Crippen molar-refractivity contribution in [3.63, 3.8) is 0 Å². The second kappa shape index (κ2) is 8.22. The molecule has 0 atom stereocenters. The molecule has 116 valence electrons. The molecule has 7 nitrogen and oxygen atoms in total. The van der Waals surface area contributed by atoms with Crippen LogP contribution in [-0.4, -0.2) is 42.3 Å². The number of ether oxygens (including phenoxy) is 1. The molecule has 0 heterocycles. The SMILES string of the molecule is O=C(NCCCOCCO)c1cc(F)c([N+](=O)[O-])cc1F. The Kier molecular flexibility index (Phi) is 6.63. The molecule has 0 bridgehead atoms. The van der Waals surface area contributed by atoms with E-state index >= 15 is 0 Å². The summed E-state index contributed by atoms with van der Waals surface area (Å²) in [6, 6.07) is 0.861. The summed E-state index contributed by atoms with van der Waals surface area (Å²) in [6.07, 6.45) is 0.419. The third-order valence-corrected chi connectivity index (χ3v) is 2.46. The van der Waals surface area contributed by atoms with Crippen molar-refractivity contribution in [1.82, 2.24) is 5.32 Å². The van der Waals surface area contributed by atoms with E-state index < -0.39 is 33.7 Å². The van der Waals surface area contributed by atoms with Crippen LogP contribution in [0.25, 0.3) is 0 Å². The third kappa shape index (κ3) is 5.04. The summed E-state index contributed by atoms with van der Waals surface area (Å²) >= 11 is 0. The minimum atomic E-state index is -1.28. The molecule has 1 aromatic carbocycles. The van der Waals surface area contributed by atoms with Gasteiger partial charge in [-0.15, -0.1) is 0 Å². The molecule has 0 aromatic heterocycles. The molecule has 9 heteroatoms. The molecule has 1 rings (SSSR count). The van der Waals surface area contributed by atoms with Crippen LogP contribution in [-0.2, 0) is 4.74 Å². The van der Waals surface area contributed by atoms with Crippen molar-refractivity contribution in [2.75, 3.05) is 26.4 Å². The van der Waals surface area contributed by atoms with Gasteiger partial charge >= 0.3 is 5.69 Å². The van der Waals surface area contributed by atoms with Crippen LogP contribution < -0.4 is 5.32 Å². The lowest BCUT2D eigenvalue weighted by molar-refractivity contribution is -0.387. The summed E-state index contributed by atoms with van der Waals surface area (Å²) in [7, 11) is 0. The molecule has 0 fully saturated rings. The molecular formula is C12H14F2N2O5. The van der Waals surface area contributed by atoms with Crippen molar-refractivity contribution >= 4 is 11.6 Å². The highest BCUT2D eigenvalue weighted by Crippen LogP contribution is 2.21. The highest BCUT2D eigenvalue weighted by molar-refractivity contribution is 5.94. The van der Waals surface area contributed by atoms with Gasteiger partial charge in [-0.25, -0.2) is 4.39 Å². The van der Waals surface area contributed by atoms with Gasteiger partial charge in [0.1, 0.15) is 5.82 Å². The predicted octanol–water partition coefficient (Wildman–Crippen LogP) is 1.00. The van der Waals surface area contributed by atoms with Crippen LogP contribution in [0.15, 0.2) is 12.1 Å². The van der Waals surface area contributed by atoms with E-state index in [1.54, 1.807) is 0 Å². The van der Waals surface area contributed by atoms with Gasteiger partial charge in [-0.1, -0.05) is 0 Å². The maximum absolute atomic E-state index is 13.5. The number of nitrogens with zero attached hydrogens (tertiary/aromatic N) is 1. The highest BCUT2D eigenvalue weighted by atomic mass is 19.1. The Morgan fingerprint density at radius 2 is 2.05 bits per heavy atom. The largest absolute Gasteiger partial charge is 0.394 e. The monoisotopic (exact) mass is 304 g/mol. The first-order valence-electron chi connectivity index (χ1n) is 6.07. The van der Waals surface area contributed by atoms with Crippen molar-refractivity contribution in [2.45, 2.75) is 6.42 Å². The third-order valence-electron chi connectivity index (χ3n) is 2.46. The van der Waals surface area contributed by atoms with Crippen LogP contribution in [0.4, 0.5) is 14.5 Å². The predicted molar refractivity (Wildman–Crippen MR) is 67.9 cm³/mol. The Morgan fingerprint density at radius 1 is 1.33 bits per heavy atom. The van der Waals surface area contributed by atoms with E-state index in [0.29, 0.717) is 18.6 Å². The number of nitrogens with one attached hydrogen (secondary N) is 1. The molecule has 1 aromatic rings. The van der Waals surface area contributed by atoms with Gasteiger partial charge in [0, 0.05) is 13.2 Å². The molecule has 2 N–H and O–H groups in total. The molecule has 0 spiro atoms. The van der Waals surface area contributed by atoms with Gasteiger partial charge in [0.2, 0.25) is 5.82 Å². The van der Waals surface area contributed by atoms with Gasteiger partial charge in [-0.05, 0) is 12.5 Å². The fourth-order valence-electron chi connectivity index (χ4n) is 1.49. The molecular weight excluding hydrogens is 290 g/mol. The summed E-state index contributed by atoms with van der Waals surface area (Å²) in [5.74, 6) is -3.32. The van der Waals surface area contributed by atoms with E-state index in [1.165, 1.54) is 0 Å². The van der Waals surface area contributed by atoms with E-state index in [-0.39, 0.29) is 26.4 Å². The lowest BCUT2D eigenvalue weighted by Gasteiger charge is -2.07. The number of nitro groups is 1. The van der Waals surface area contributed by atoms with E-state index in [4.69, 9.17) is 9.84 Å². The molecule has 0 aliphatic heterocycles. The first kappa shape index (κ1) is 16.9. The van der Waals surface area contributed by atoms with E-state index in [1.807, 2.05) is 0 Å². The molecule has 0 saturated heterocycles. The van der Waals surface area contributed by atoms with Crippen LogP contribution in [0, 0.1) is 21.7 Å². The number of carbonyl (C=O) groups is 1. The topological polar surface area (TPSA) is 102 Å². The zero-order valence-electron chi connectivity index (χ0n) is 11.0. The summed E-state index contributed by atoms with van der Waals surface area (Å²) in [5, 5.41) is 21.2. The van der Waals surface area contributed by atoms with Gasteiger partial charge in [0.15, 0.2) is 0 Å². The lowest BCUT2D eigenvalue weighted by Crippen LogP contribution is -2.26. The molecule has 0 saturated carbocycles. The van der Waals surface area contributed by atoms with Crippen molar-refractivity contribution in [3.8, 4) is 0 Å². The number of rotatable bonds is 8. The van der Waals surface area contributed by atoms with Gasteiger partial charge < -0.3 is 15.2 Å². The Hall–Kier alpha value is -2.13. The average Bonchev–Trinajstić information content (AvgIpc) is 2.44. The van der Waals surface area contributed by atoms with Gasteiger partial charge in [0.25, 0.3) is 5.91 Å².